The fourth-order valence-corrected chi connectivity index (χ4v) is 2.41. The van der Waals surface area contributed by atoms with Crippen LogP contribution in [0.25, 0.3) is 0 Å². The van der Waals surface area contributed by atoms with E-state index in [-0.39, 0.29) is 23.6 Å². The maximum atomic E-state index is 12.1. The van der Waals surface area contributed by atoms with Gasteiger partial charge in [0.2, 0.25) is 5.91 Å². The molecule has 3 N–H and O–H groups in total. The summed E-state index contributed by atoms with van der Waals surface area (Å²) in [6.45, 7) is 4.26. The van der Waals surface area contributed by atoms with E-state index in [9.17, 15) is 14.4 Å². The number of hydrogen-bond donors (Lipinski definition) is 3. The summed E-state index contributed by atoms with van der Waals surface area (Å²) in [5, 5.41) is 8.27. The van der Waals surface area contributed by atoms with E-state index in [1.807, 2.05) is 13.8 Å². The fourth-order valence-electron chi connectivity index (χ4n) is 2.15. The van der Waals surface area contributed by atoms with Crippen molar-refractivity contribution in [2.75, 3.05) is 18.4 Å². The lowest BCUT2D eigenvalue weighted by Gasteiger charge is -2.09. The van der Waals surface area contributed by atoms with Gasteiger partial charge in [0.25, 0.3) is 11.8 Å². The maximum Gasteiger partial charge on any atom is 0.251 e. The maximum absolute atomic E-state index is 12.1. The predicted octanol–water partition coefficient (Wildman–Crippen LogP) is 3.20. The van der Waals surface area contributed by atoms with Crippen molar-refractivity contribution in [3.8, 4) is 0 Å². The molecular weight excluding hydrogens is 410 g/mol. The molecule has 0 spiro atoms. The normalized spacial score (nSPS) is 10.4. The van der Waals surface area contributed by atoms with Gasteiger partial charge in [-0.05, 0) is 48.5 Å². The van der Waals surface area contributed by atoms with Gasteiger partial charge >= 0.3 is 0 Å². The Balaban J connectivity index is 1.76. The van der Waals surface area contributed by atoms with E-state index in [0.29, 0.717) is 29.9 Å². The summed E-state index contributed by atoms with van der Waals surface area (Å²) in [6.07, 6.45) is 0. The Morgan fingerprint density at radius 2 is 1.26 bits per heavy atom. The number of carbonyl (C=O) groups excluding carboxylic acids is 3. The van der Waals surface area contributed by atoms with Crippen LogP contribution in [0.3, 0.4) is 0 Å². The third-order valence-corrected chi connectivity index (χ3v) is 4.27. The first-order valence-corrected chi connectivity index (χ1v) is 9.39. The Labute approximate surface area is 166 Å². The van der Waals surface area contributed by atoms with Crippen LogP contribution in [0.15, 0.2) is 53.0 Å². The Kier molecular flexibility index (Phi) is 7.55. The SMILES string of the molecule is CC(C)C(=O)Nc1ccc(C(=O)NCCNC(=O)c2ccc(Br)cc2)cc1. The molecule has 0 aromatic heterocycles. The van der Waals surface area contributed by atoms with E-state index in [4.69, 9.17) is 0 Å². The molecule has 0 unspecified atom stereocenters. The van der Waals surface area contributed by atoms with Gasteiger partial charge in [0.1, 0.15) is 0 Å². The van der Waals surface area contributed by atoms with Crippen LogP contribution in [0, 0.1) is 5.92 Å². The minimum absolute atomic E-state index is 0.0753. The molecule has 0 saturated carbocycles. The van der Waals surface area contributed by atoms with Gasteiger partial charge in [0.15, 0.2) is 0 Å². The van der Waals surface area contributed by atoms with E-state index >= 15 is 0 Å². The molecule has 27 heavy (non-hydrogen) atoms. The smallest absolute Gasteiger partial charge is 0.251 e. The van der Waals surface area contributed by atoms with Crippen molar-refractivity contribution in [2.24, 2.45) is 5.92 Å². The summed E-state index contributed by atoms with van der Waals surface area (Å²) >= 11 is 3.32. The molecule has 0 bridgehead atoms. The summed E-state index contributed by atoms with van der Waals surface area (Å²) in [4.78, 5) is 35.7. The predicted molar refractivity (Wildman–Crippen MR) is 109 cm³/mol. The topological polar surface area (TPSA) is 87.3 Å². The standard InChI is InChI=1S/C20H22BrN3O3/c1-13(2)18(25)24-17-9-5-15(6-10-17)20(27)23-12-11-22-19(26)14-3-7-16(21)8-4-14/h3-10,13H,11-12H2,1-2H3,(H,22,26)(H,23,27)(H,24,25). The average molecular weight is 432 g/mol. The highest BCUT2D eigenvalue weighted by atomic mass is 79.9. The van der Waals surface area contributed by atoms with Gasteiger partial charge in [-0.2, -0.15) is 0 Å². The second-order valence-corrected chi connectivity index (χ2v) is 7.16. The minimum Gasteiger partial charge on any atom is -0.350 e. The third kappa shape index (κ3) is 6.53. The molecule has 0 radical (unpaired) electrons. The second kappa shape index (κ2) is 9.87. The van der Waals surface area contributed by atoms with Gasteiger partial charge in [-0.1, -0.05) is 29.8 Å². The molecule has 0 fully saturated rings. The fraction of sp³-hybridized carbons (Fsp3) is 0.250. The molecule has 6 nitrogen and oxygen atoms in total. The summed E-state index contributed by atoms with van der Waals surface area (Å²) < 4.78 is 0.904. The molecule has 2 rings (SSSR count). The number of halogens is 1. The van der Waals surface area contributed by atoms with Gasteiger partial charge in [-0.3, -0.25) is 14.4 Å². The van der Waals surface area contributed by atoms with Crippen LogP contribution in [-0.2, 0) is 4.79 Å². The van der Waals surface area contributed by atoms with Crippen LogP contribution in [-0.4, -0.2) is 30.8 Å². The monoisotopic (exact) mass is 431 g/mol. The van der Waals surface area contributed by atoms with Gasteiger partial charge in [-0.15, -0.1) is 0 Å². The largest absolute Gasteiger partial charge is 0.350 e. The zero-order valence-corrected chi connectivity index (χ0v) is 16.8. The van der Waals surface area contributed by atoms with Gasteiger partial charge in [0.05, 0.1) is 0 Å². The van der Waals surface area contributed by atoms with Crippen molar-refractivity contribution in [2.45, 2.75) is 13.8 Å². The van der Waals surface area contributed by atoms with Crippen LogP contribution in [0.1, 0.15) is 34.6 Å². The number of carbonyl (C=O) groups is 3. The molecule has 142 valence electrons. The number of anilines is 1. The van der Waals surface area contributed by atoms with E-state index < -0.39 is 0 Å². The molecule has 3 amide bonds. The molecule has 2 aromatic carbocycles. The van der Waals surface area contributed by atoms with Crippen molar-refractivity contribution in [1.82, 2.24) is 10.6 Å². The van der Waals surface area contributed by atoms with Crippen LogP contribution < -0.4 is 16.0 Å². The molecule has 0 aliphatic heterocycles. The van der Waals surface area contributed by atoms with Gasteiger partial charge < -0.3 is 16.0 Å². The second-order valence-electron chi connectivity index (χ2n) is 6.24. The lowest BCUT2D eigenvalue weighted by atomic mass is 10.1. The first-order chi connectivity index (χ1) is 12.9. The molecule has 2 aromatic rings. The summed E-state index contributed by atoms with van der Waals surface area (Å²) in [6, 6.07) is 13.7. The van der Waals surface area contributed by atoms with Crippen LogP contribution in [0.5, 0.6) is 0 Å². The highest BCUT2D eigenvalue weighted by molar-refractivity contribution is 9.10. The first kappa shape index (κ1) is 20.6. The van der Waals surface area contributed by atoms with Crippen LogP contribution in [0.4, 0.5) is 5.69 Å². The zero-order valence-electron chi connectivity index (χ0n) is 15.2. The van der Waals surface area contributed by atoms with Crippen LogP contribution in [0.2, 0.25) is 0 Å². The Morgan fingerprint density at radius 3 is 1.70 bits per heavy atom. The lowest BCUT2D eigenvalue weighted by molar-refractivity contribution is -0.118. The Bertz CT molecular complexity index is 802. The molecule has 0 aliphatic carbocycles. The van der Waals surface area contributed by atoms with Crippen molar-refractivity contribution >= 4 is 39.3 Å². The zero-order chi connectivity index (χ0) is 19.8. The lowest BCUT2D eigenvalue weighted by Crippen LogP contribution is -2.34. The molecule has 0 heterocycles. The summed E-state index contributed by atoms with van der Waals surface area (Å²) in [7, 11) is 0. The number of rotatable bonds is 7. The Hall–Kier alpha value is -2.67. The highest BCUT2D eigenvalue weighted by Crippen LogP contribution is 2.11. The van der Waals surface area contributed by atoms with Crippen molar-refractivity contribution in [1.29, 1.82) is 0 Å². The highest BCUT2D eigenvalue weighted by Gasteiger charge is 2.09. The number of amides is 3. The Morgan fingerprint density at radius 1 is 0.815 bits per heavy atom. The van der Waals surface area contributed by atoms with Gasteiger partial charge in [-0.25, -0.2) is 0 Å². The average Bonchev–Trinajstić information content (AvgIpc) is 2.66. The van der Waals surface area contributed by atoms with E-state index in [0.717, 1.165) is 4.47 Å². The number of hydrogen-bond acceptors (Lipinski definition) is 3. The molecular formula is C20H22BrN3O3. The summed E-state index contributed by atoms with van der Waals surface area (Å²) in [5.41, 5.74) is 1.69. The van der Waals surface area contributed by atoms with Crippen molar-refractivity contribution in [3.63, 3.8) is 0 Å². The number of benzene rings is 2. The molecule has 7 heteroatoms. The third-order valence-electron chi connectivity index (χ3n) is 3.74. The van der Waals surface area contributed by atoms with E-state index in [2.05, 4.69) is 31.9 Å². The quantitative estimate of drug-likeness (QED) is 0.588. The first-order valence-electron chi connectivity index (χ1n) is 8.59. The molecule has 0 atom stereocenters. The molecule has 0 aliphatic rings. The molecule has 0 saturated heterocycles. The van der Waals surface area contributed by atoms with Crippen molar-refractivity contribution in [3.05, 3.63) is 64.1 Å². The minimum atomic E-state index is -0.241. The summed E-state index contributed by atoms with van der Waals surface area (Å²) in [5.74, 6) is -0.620. The van der Waals surface area contributed by atoms with Crippen LogP contribution >= 0.6 is 15.9 Å². The van der Waals surface area contributed by atoms with E-state index in [1.165, 1.54) is 0 Å². The van der Waals surface area contributed by atoms with E-state index in [1.54, 1.807) is 48.5 Å². The number of nitrogens with one attached hydrogen (secondary N) is 3. The van der Waals surface area contributed by atoms with Crippen molar-refractivity contribution < 1.29 is 14.4 Å². The van der Waals surface area contributed by atoms with Gasteiger partial charge in [0, 0.05) is 40.3 Å².